The van der Waals surface area contributed by atoms with Crippen molar-refractivity contribution in [1.29, 1.82) is 0 Å². The van der Waals surface area contributed by atoms with Gasteiger partial charge in [-0.2, -0.15) is 0 Å². The normalized spacial score (nSPS) is 11.4. The molecule has 62 valence electrons. The molecule has 1 heterocycles. The number of amides is 2. The molecule has 0 radical (unpaired) electrons. The maximum absolute atomic E-state index is 9.00. The van der Waals surface area contributed by atoms with Crippen LogP contribution in [0.1, 0.15) is 0 Å². The van der Waals surface area contributed by atoms with Crippen molar-refractivity contribution in [1.82, 2.24) is 0 Å². The molecule has 0 aliphatic carbocycles. The number of hydrogen-bond acceptors (Lipinski definition) is 3. The molecule has 0 atom stereocenters. The van der Waals surface area contributed by atoms with Crippen LogP contribution in [-0.2, 0) is 9.47 Å². The Morgan fingerprint density at radius 3 is 1.50 bits per heavy atom. The third-order valence-electron chi connectivity index (χ3n) is 0.204. The van der Waals surface area contributed by atoms with Crippen molar-refractivity contribution in [3.63, 3.8) is 0 Å². The average molecular weight is 150 g/mol. The van der Waals surface area contributed by atoms with Crippen LogP contribution >= 0.6 is 0 Å². The van der Waals surface area contributed by atoms with E-state index in [0.29, 0.717) is 0 Å². The number of hydrogen-bond donors (Lipinski definition) is 2. The lowest BCUT2D eigenvalue weighted by atomic mass is 11.0. The second kappa shape index (κ2) is 11.0. The van der Waals surface area contributed by atoms with Gasteiger partial charge in [0.15, 0.2) is 0 Å². The summed E-state index contributed by atoms with van der Waals surface area (Å²) in [5.74, 6) is 0. The summed E-state index contributed by atoms with van der Waals surface area (Å²) in [5.41, 5.74) is 8.50. The third kappa shape index (κ3) is 7630. The summed E-state index contributed by atoms with van der Waals surface area (Å²) < 4.78 is 8.75. The minimum Gasteiger partial charge on any atom is -0.388 e. The van der Waals surface area contributed by atoms with E-state index in [4.69, 9.17) is 4.79 Å². The van der Waals surface area contributed by atoms with Gasteiger partial charge in [0.2, 0.25) is 0 Å². The molecular formula is C5H14N2O3. The Morgan fingerprint density at radius 1 is 1.40 bits per heavy atom. The number of carbonyl (C=O) groups excluding carboxylic acids is 1. The lowest BCUT2D eigenvalue weighted by Gasteiger charge is -1.62. The fraction of sp³-hybridized carbons (Fsp3) is 0.800. The monoisotopic (exact) mass is 150 g/mol. The first-order valence-electron chi connectivity index (χ1n) is 2.68. The van der Waals surface area contributed by atoms with E-state index < -0.39 is 6.03 Å². The van der Waals surface area contributed by atoms with Gasteiger partial charge in [-0.15, -0.1) is 0 Å². The number of primary amides is 2. The van der Waals surface area contributed by atoms with Crippen molar-refractivity contribution < 1.29 is 14.3 Å². The lowest BCUT2D eigenvalue weighted by molar-refractivity contribution is 0.256. The number of rotatable bonds is 0. The van der Waals surface area contributed by atoms with Gasteiger partial charge in [0.05, 0.1) is 13.2 Å². The van der Waals surface area contributed by atoms with Crippen LogP contribution in [0.4, 0.5) is 4.79 Å². The van der Waals surface area contributed by atoms with Gasteiger partial charge in [0.1, 0.15) is 0 Å². The van der Waals surface area contributed by atoms with Gasteiger partial charge in [0, 0.05) is 14.2 Å². The molecule has 0 aromatic heterocycles. The molecule has 1 aliphatic heterocycles. The molecule has 4 N–H and O–H groups in total. The van der Waals surface area contributed by atoms with Crippen molar-refractivity contribution >= 4 is 6.03 Å². The maximum atomic E-state index is 9.00. The summed E-state index contributed by atoms with van der Waals surface area (Å²) in [6, 6.07) is -0.833. The van der Waals surface area contributed by atoms with E-state index >= 15 is 0 Å². The zero-order chi connectivity index (χ0) is 8.41. The molecule has 0 aromatic rings. The van der Waals surface area contributed by atoms with E-state index in [2.05, 4.69) is 20.9 Å². The standard InChI is InChI=1S/C2H4O.C2H6O.CH4N2O/c1-2-3-1;1-3-2;2-1(3)4/h1-2H2;1-2H3;(H4,2,3,4). The van der Waals surface area contributed by atoms with Crippen LogP contribution in [0.3, 0.4) is 0 Å². The molecule has 5 heteroatoms. The molecule has 10 heavy (non-hydrogen) atoms. The minimum atomic E-state index is -0.833. The van der Waals surface area contributed by atoms with E-state index in [1.807, 2.05) is 0 Å². The van der Waals surface area contributed by atoms with E-state index in [1.54, 1.807) is 14.2 Å². The van der Waals surface area contributed by atoms with Gasteiger partial charge >= 0.3 is 6.03 Å². The Morgan fingerprint density at radius 2 is 1.50 bits per heavy atom. The first kappa shape index (κ1) is 11.9. The smallest absolute Gasteiger partial charge is 0.309 e. The summed E-state index contributed by atoms with van der Waals surface area (Å²) in [7, 11) is 3.25. The van der Waals surface area contributed by atoms with Crippen LogP contribution in [0.5, 0.6) is 0 Å². The number of urea groups is 1. The molecule has 5 nitrogen and oxygen atoms in total. The fourth-order valence-electron chi connectivity index (χ4n) is 0. The van der Waals surface area contributed by atoms with Gasteiger partial charge < -0.3 is 20.9 Å². The predicted molar refractivity (Wildman–Crippen MR) is 37.5 cm³/mol. The maximum Gasteiger partial charge on any atom is 0.309 e. The Balaban J connectivity index is 0. The number of ether oxygens (including phenoxy) is 2. The summed E-state index contributed by atoms with van der Waals surface area (Å²) in [5, 5.41) is 0. The predicted octanol–water partition coefficient (Wildman–Crippen LogP) is -0.697. The van der Waals surface area contributed by atoms with Crippen LogP contribution in [0, 0.1) is 0 Å². The van der Waals surface area contributed by atoms with Gasteiger partial charge in [0.25, 0.3) is 0 Å². The number of nitrogens with two attached hydrogens (primary N) is 2. The molecule has 0 bridgehead atoms. The Kier molecular flexibility index (Phi) is 13.2. The quantitative estimate of drug-likeness (QED) is 0.447. The van der Waals surface area contributed by atoms with Crippen molar-refractivity contribution in [2.45, 2.75) is 0 Å². The number of epoxide rings is 1. The molecule has 0 aromatic carbocycles. The molecule has 1 aliphatic rings. The van der Waals surface area contributed by atoms with Crippen molar-refractivity contribution in [3.8, 4) is 0 Å². The molecule has 0 saturated carbocycles. The SMILES string of the molecule is C1CO1.COC.NC(N)=O. The lowest BCUT2D eigenvalue weighted by Crippen LogP contribution is -2.18. The number of methoxy groups -OCH3 is 1. The molecule has 1 fully saturated rings. The van der Waals surface area contributed by atoms with E-state index in [-0.39, 0.29) is 0 Å². The Bertz CT molecular complexity index is 68.5. The minimum absolute atomic E-state index is 0.833. The topological polar surface area (TPSA) is 90.9 Å². The van der Waals surface area contributed by atoms with Gasteiger partial charge in [-0.25, -0.2) is 4.79 Å². The average Bonchev–Trinajstić information content (AvgIpc) is 2.43. The van der Waals surface area contributed by atoms with Crippen LogP contribution in [0.25, 0.3) is 0 Å². The highest BCUT2D eigenvalue weighted by atomic mass is 16.6. The summed E-state index contributed by atoms with van der Waals surface area (Å²) in [6.45, 7) is 2.00. The molecular weight excluding hydrogens is 136 g/mol. The zero-order valence-corrected chi connectivity index (χ0v) is 6.29. The molecule has 0 spiro atoms. The molecule has 1 saturated heterocycles. The second-order valence-electron chi connectivity index (χ2n) is 1.42. The molecule has 1 rings (SSSR count). The van der Waals surface area contributed by atoms with Crippen LogP contribution in [0.15, 0.2) is 0 Å². The molecule has 0 unspecified atom stereocenters. The second-order valence-corrected chi connectivity index (χ2v) is 1.42. The van der Waals surface area contributed by atoms with Gasteiger partial charge in [-0.1, -0.05) is 0 Å². The van der Waals surface area contributed by atoms with Crippen molar-refractivity contribution in [3.05, 3.63) is 0 Å². The Labute approximate surface area is 60.3 Å². The van der Waals surface area contributed by atoms with Gasteiger partial charge in [-0.3, -0.25) is 0 Å². The van der Waals surface area contributed by atoms with E-state index in [0.717, 1.165) is 13.2 Å². The highest BCUT2D eigenvalue weighted by Gasteiger charge is 1.94. The Hall–Kier alpha value is -0.810. The summed E-state index contributed by atoms with van der Waals surface area (Å²) in [4.78, 5) is 9.00. The molecule has 2 amide bonds. The first-order chi connectivity index (χ1) is 4.65. The first-order valence-corrected chi connectivity index (χ1v) is 2.68. The zero-order valence-electron chi connectivity index (χ0n) is 6.29. The van der Waals surface area contributed by atoms with Crippen molar-refractivity contribution in [2.24, 2.45) is 11.5 Å². The van der Waals surface area contributed by atoms with Crippen LogP contribution < -0.4 is 11.5 Å². The van der Waals surface area contributed by atoms with Crippen LogP contribution in [0.2, 0.25) is 0 Å². The summed E-state index contributed by atoms with van der Waals surface area (Å²) in [6.07, 6.45) is 0. The van der Waals surface area contributed by atoms with Crippen LogP contribution in [-0.4, -0.2) is 33.5 Å². The fourth-order valence-corrected chi connectivity index (χ4v) is 0. The van der Waals surface area contributed by atoms with Crippen molar-refractivity contribution in [2.75, 3.05) is 27.4 Å². The third-order valence-corrected chi connectivity index (χ3v) is 0.204. The van der Waals surface area contributed by atoms with E-state index in [1.165, 1.54) is 0 Å². The highest BCUT2D eigenvalue weighted by Crippen LogP contribution is 1.84. The highest BCUT2D eigenvalue weighted by molar-refractivity contribution is 5.69. The number of carbonyl (C=O) groups is 1. The largest absolute Gasteiger partial charge is 0.388 e. The summed E-state index contributed by atoms with van der Waals surface area (Å²) >= 11 is 0. The van der Waals surface area contributed by atoms with E-state index in [9.17, 15) is 0 Å². The van der Waals surface area contributed by atoms with Gasteiger partial charge in [-0.05, 0) is 0 Å².